The largest absolute Gasteiger partial charge is 0.397 e. The smallest absolute Gasteiger partial charge is 0.353 e. The zero-order valence-electron chi connectivity index (χ0n) is 11.2. The van der Waals surface area contributed by atoms with E-state index in [1.54, 1.807) is 6.20 Å². The molecule has 0 bridgehead atoms. The zero-order valence-corrected chi connectivity index (χ0v) is 11.2. The van der Waals surface area contributed by atoms with Gasteiger partial charge in [-0.2, -0.15) is 0 Å². The number of aliphatic hydroxyl groups is 1. The third-order valence-corrected chi connectivity index (χ3v) is 3.56. The minimum atomic E-state index is -1.03. The van der Waals surface area contributed by atoms with Crippen LogP contribution < -0.4 is 9.47 Å². The van der Waals surface area contributed by atoms with Crippen LogP contribution in [-0.4, -0.2) is 16.1 Å². The number of rotatable bonds is 2. The Kier molecular flexibility index (Phi) is 2.75. The number of nitrogens with zero attached hydrogens (tertiary/aromatic N) is 3. The summed E-state index contributed by atoms with van der Waals surface area (Å²) in [6, 6.07) is 11.8. The van der Waals surface area contributed by atoms with E-state index in [-0.39, 0.29) is 6.04 Å². The van der Waals surface area contributed by atoms with Gasteiger partial charge in [-0.15, -0.1) is 0 Å². The molecule has 1 unspecified atom stereocenters. The number of benzene rings is 1. The van der Waals surface area contributed by atoms with Crippen LogP contribution in [0.1, 0.15) is 19.4 Å². The second kappa shape index (κ2) is 4.31. The van der Waals surface area contributed by atoms with Crippen molar-refractivity contribution in [3.8, 4) is 0 Å². The lowest BCUT2D eigenvalue weighted by molar-refractivity contribution is -0.685. The van der Waals surface area contributed by atoms with Gasteiger partial charge in [0.2, 0.25) is 5.72 Å². The summed E-state index contributed by atoms with van der Waals surface area (Å²) in [7, 11) is 0. The molecular formula is C15H18N3O+. The van der Waals surface area contributed by atoms with E-state index in [0.717, 1.165) is 11.5 Å². The van der Waals surface area contributed by atoms with Gasteiger partial charge >= 0.3 is 5.95 Å². The predicted octanol–water partition coefficient (Wildman–Crippen LogP) is 1.44. The molecule has 19 heavy (non-hydrogen) atoms. The van der Waals surface area contributed by atoms with E-state index >= 15 is 0 Å². The summed E-state index contributed by atoms with van der Waals surface area (Å²) in [5.41, 5.74) is -0.134. The quantitative estimate of drug-likeness (QED) is 0.827. The van der Waals surface area contributed by atoms with Crippen LogP contribution in [0, 0.1) is 0 Å². The fourth-order valence-corrected chi connectivity index (χ4v) is 2.79. The summed E-state index contributed by atoms with van der Waals surface area (Å²) < 4.78 is 1.99. The van der Waals surface area contributed by atoms with Crippen molar-refractivity contribution in [1.82, 2.24) is 4.98 Å². The van der Waals surface area contributed by atoms with Crippen LogP contribution in [-0.2, 0) is 12.3 Å². The minimum Gasteiger partial charge on any atom is -0.353 e. The van der Waals surface area contributed by atoms with Gasteiger partial charge in [-0.1, -0.05) is 35.3 Å². The first kappa shape index (κ1) is 12.1. The zero-order chi connectivity index (χ0) is 13.5. The van der Waals surface area contributed by atoms with Crippen LogP contribution in [0.15, 0.2) is 48.8 Å². The van der Waals surface area contributed by atoms with E-state index in [1.165, 1.54) is 0 Å². The third-order valence-electron chi connectivity index (χ3n) is 3.56. The van der Waals surface area contributed by atoms with Crippen molar-refractivity contribution < 1.29 is 9.67 Å². The first-order chi connectivity index (χ1) is 9.13. The Morgan fingerprint density at radius 1 is 1.26 bits per heavy atom. The molecule has 0 radical (unpaired) electrons. The van der Waals surface area contributed by atoms with Crippen LogP contribution in [0.5, 0.6) is 0 Å². The van der Waals surface area contributed by atoms with Crippen LogP contribution in [0.2, 0.25) is 0 Å². The molecule has 0 spiro atoms. The molecule has 0 saturated heterocycles. The number of aromatic nitrogens is 2. The summed E-state index contributed by atoms with van der Waals surface area (Å²) in [6.45, 7) is 4.63. The van der Waals surface area contributed by atoms with Gasteiger partial charge in [0.05, 0.1) is 12.2 Å². The molecule has 1 atom stereocenters. The molecule has 1 N–H and O–H groups in total. The van der Waals surface area contributed by atoms with Gasteiger partial charge < -0.3 is 5.11 Å². The van der Waals surface area contributed by atoms with Crippen molar-refractivity contribution >= 4 is 5.95 Å². The van der Waals surface area contributed by atoms with E-state index in [1.807, 2.05) is 52.1 Å². The number of hydrogen-bond donors (Lipinski definition) is 1. The molecule has 2 aromatic rings. The molecular weight excluding hydrogens is 238 g/mol. The topological polar surface area (TPSA) is 40.2 Å². The SMILES string of the molecule is CC(C)N1c2nccc[n+]2CC1(O)c1ccccc1. The van der Waals surface area contributed by atoms with Gasteiger partial charge in [0.25, 0.3) is 0 Å². The number of fused-ring (bicyclic) bond motifs is 1. The predicted molar refractivity (Wildman–Crippen MR) is 72.4 cm³/mol. The highest BCUT2D eigenvalue weighted by Crippen LogP contribution is 2.35. The van der Waals surface area contributed by atoms with Crippen LogP contribution >= 0.6 is 0 Å². The maximum Gasteiger partial charge on any atom is 0.397 e. The van der Waals surface area contributed by atoms with E-state index in [4.69, 9.17) is 0 Å². The molecule has 4 heteroatoms. The van der Waals surface area contributed by atoms with Gasteiger partial charge in [0.1, 0.15) is 12.7 Å². The highest BCUT2D eigenvalue weighted by Gasteiger charge is 2.52. The average Bonchev–Trinajstić information content (AvgIpc) is 2.73. The summed E-state index contributed by atoms with van der Waals surface area (Å²) in [5.74, 6) is 0.809. The third kappa shape index (κ3) is 1.79. The fourth-order valence-electron chi connectivity index (χ4n) is 2.79. The first-order valence-electron chi connectivity index (χ1n) is 6.54. The van der Waals surface area contributed by atoms with E-state index < -0.39 is 5.72 Å². The Bertz CT molecular complexity index is 585. The fraction of sp³-hybridized carbons (Fsp3) is 0.333. The Labute approximate surface area is 113 Å². The molecule has 1 aromatic heterocycles. The van der Waals surface area contributed by atoms with Crippen molar-refractivity contribution in [2.45, 2.75) is 32.2 Å². The van der Waals surface area contributed by atoms with Crippen molar-refractivity contribution in [2.24, 2.45) is 0 Å². The highest BCUT2D eigenvalue weighted by atomic mass is 16.3. The molecule has 1 aliphatic heterocycles. The Hall–Kier alpha value is -1.94. The van der Waals surface area contributed by atoms with Gasteiger partial charge in [-0.3, -0.25) is 0 Å². The average molecular weight is 256 g/mol. The Balaban J connectivity index is 2.14. The summed E-state index contributed by atoms with van der Waals surface area (Å²) in [6.07, 6.45) is 3.72. The first-order valence-corrected chi connectivity index (χ1v) is 6.54. The molecule has 0 aliphatic carbocycles. The van der Waals surface area contributed by atoms with Gasteiger partial charge in [-0.05, 0) is 13.8 Å². The monoisotopic (exact) mass is 256 g/mol. The van der Waals surface area contributed by atoms with E-state index in [2.05, 4.69) is 18.8 Å². The summed E-state index contributed by atoms with van der Waals surface area (Å²) >= 11 is 0. The minimum absolute atomic E-state index is 0.161. The normalized spacial score (nSPS) is 21.8. The lowest BCUT2D eigenvalue weighted by Gasteiger charge is -2.31. The molecule has 0 amide bonds. The second-order valence-corrected chi connectivity index (χ2v) is 5.19. The molecule has 4 nitrogen and oxygen atoms in total. The standard InChI is InChI=1S/C15H18N3O/c1-12(2)18-14-16-9-6-10-17(14)11-15(18,19)13-7-4-3-5-8-13/h3-10,12,19H,11H2,1-2H3/q+1. The summed E-state index contributed by atoms with van der Waals surface area (Å²) in [4.78, 5) is 6.39. The molecule has 0 saturated carbocycles. The lowest BCUT2D eigenvalue weighted by atomic mass is 10.0. The van der Waals surface area contributed by atoms with Crippen LogP contribution in [0.3, 0.4) is 0 Å². The Morgan fingerprint density at radius 2 is 2.00 bits per heavy atom. The molecule has 1 aliphatic rings. The second-order valence-electron chi connectivity index (χ2n) is 5.19. The van der Waals surface area contributed by atoms with Crippen molar-refractivity contribution in [3.05, 3.63) is 54.4 Å². The van der Waals surface area contributed by atoms with Gasteiger partial charge in [-0.25, -0.2) is 9.47 Å². The van der Waals surface area contributed by atoms with Crippen LogP contribution in [0.4, 0.5) is 5.95 Å². The molecule has 1 aromatic carbocycles. The number of hydrogen-bond acceptors (Lipinski definition) is 3. The maximum absolute atomic E-state index is 11.2. The van der Waals surface area contributed by atoms with Crippen molar-refractivity contribution in [2.75, 3.05) is 4.90 Å². The van der Waals surface area contributed by atoms with E-state index in [9.17, 15) is 5.11 Å². The number of anilines is 1. The van der Waals surface area contributed by atoms with Gasteiger partial charge in [0, 0.05) is 11.6 Å². The Morgan fingerprint density at radius 3 is 2.68 bits per heavy atom. The molecule has 0 fully saturated rings. The maximum atomic E-state index is 11.2. The van der Waals surface area contributed by atoms with Gasteiger partial charge in [0.15, 0.2) is 0 Å². The van der Waals surface area contributed by atoms with E-state index in [0.29, 0.717) is 6.54 Å². The van der Waals surface area contributed by atoms with Crippen molar-refractivity contribution in [1.29, 1.82) is 0 Å². The van der Waals surface area contributed by atoms with Crippen LogP contribution in [0.25, 0.3) is 0 Å². The van der Waals surface area contributed by atoms with Crippen molar-refractivity contribution in [3.63, 3.8) is 0 Å². The molecule has 98 valence electrons. The molecule has 2 heterocycles. The lowest BCUT2D eigenvalue weighted by Crippen LogP contribution is -2.48. The summed E-state index contributed by atoms with van der Waals surface area (Å²) in [5, 5.41) is 11.2. The molecule has 3 rings (SSSR count). The highest BCUT2D eigenvalue weighted by molar-refractivity contribution is 5.38.